The third-order valence-corrected chi connectivity index (χ3v) is 3.82. The number of rotatable bonds is 2. The fourth-order valence-electron chi connectivity index (χ4n) is 2.39. The zero-order valence-electron chi connectivity index (χ0n) is 9.53. The first kappa shape index (κ1) is 11.9. The minimum atomic E-state index is 0.379. The molecular weight excluding hydrogens is 273 g/mol. The van der Waals surface area contributed by atoms with Gasteiger partial charge < -0.3 is 0 Å². The largest absolute Gasteiger partial charge is 0.257 e. The van der Waals surface area contributed by atoms with Crippen molar-refractivity contribution >= 4 is 23.2 Å². The normalized spacial score (nSPS) is 16.3. The molecular formula is C11H11Cl2N5. The SMILES string of the molecule is Clc1nc(-c2ncn[nH]2)nc(Cl)c1C1CCCC1. The van der Waals surface area contributed by atoms with Crippen LogP contribution in [0.25, 0.3) is 11.6 Å². The van der Waals surface area contributed by atoms with Crippen LogP contribution in [-0.4, -0.2) is 25.1 Å². The maximum absolute atomic E-state index is 6.23. The molecule has 2 aromatic heterocycles. The van der Waals surface area contributed by atoms with Crippen molar-refractivity contribution in [1.82, 2.24) is 25.1 Å². The predicted molar refractivity (Wildman–Crippen MR) is 68.6 cm³/mol. The molecule has 3 rings (SSSR count). The van der Waals surface area contributed by atoms with E-state index in [1.807, 2.05) is 0 Å². The quantitative estimate of drug-likeness (QED) is 0.860. The molecule has 1 saturated carbocycles. The lowest BCUT2D eigenvalue weighted by Crippen LogP contribution is -2.02. The molecule has 0 radical (unpaired) electrons. The molecule has 2 heterocycles. The van der Waals surface area contributed by atoms with Gasteiger partial charge in [-0.25, -0.2) is 15.0 Å². The van der Waals surface area contributed by atoms with Gasteiger partial charge in [-0.05, 0) is 18.8 Å². The van der Waals surface area contributed by atoms with E-state index in [0.717, 1.165) is 18.4 Å². The summed E-state index contributed by atoms with van der Waals surface area (Å²) in [6.45, 7) is 0. The van der Waals surface area contributed by atoms with Crippen molar-refractivity contribution in [2.75, 3.05) is 0 Å². The molecule has 0 unspecified atom stereocenters. The van der Waals surface area contributed by atoms with Gasteiger partial charge in [0, 0.05) is 5.56 Å². The molecule has 1 fully saturated rings. The lowest BCUT2D eigenvalue weighted by molar-refractivity contribution is 0.715. The lowest BCUT2D eigenvalue weighted by Gasteiger charge is -2.12. The van der Waals surface area contributed by atoms with Crippen molar-refractivity contribution in [3.8, 4) is 11.6 Å². The zero-order chi connectivity index (χ0) is 12.5. The second-order valence-electron chi connectivity index (χ2n) is 4.36. The van der Waals surface area contributed by atoms with Crippen LogP contribution in [0.3, 0.4) is 0 Å². The highest BCUT2D eigenvalue weighted by atomic mass is 35.5. The summed E-state index contributed by atoms with van der Waals surface area (Å²) in [4.78, 5) is 12.5. The Balaban J connectivity index is 2.03. The van der Waals surface area contributed by atoms with E-state index in [0.29, 0.717) is 27.9 Å². The molecule has 0 aliphatic heterocycles. The highest BCUT2D eigenvalue weighted by Gasteiger charge is 2.25. The summed E-state index contributed by atoms with van der Waals surface area (Å²) in [5.74, 6) is 1.23. The van der Waals surface area contributed by atoms with Crippen molar-refractivity contribution in [2.24, 2.45) is 0 Å². The van der Waals surface area contributed by atoms with Crippen LogP contribution in [0.2, 0.25) is 10.3 Å². The smallest absolute Gasteiger partial charge is 0.200 e. The predicted octanol–water partition coefficient (Wildman–Crippen LogP) is 3.23. The molecule has 1 N–H and O–H groups in total. The van der Waals surface area contributed by atoms with E-state index in [9.17, 15) is 0 Å². The summed E-state index contributed by atoms with van der Waals surface area (Å²) in [6.07, 6.45) is 6.02. The molecule has 7 heteroatoms. The van der Waals surface area contributed by atoms with E-state index in [4.69, 9.17) is 23.2 Å². The Morgan fingerprint density at radius 1 is 1.11 bits per heavy atom. The van der Waals surface area contributed by atoms with Gasteiger partial charge in [0.25, 0.3) is 0 Å². The average Bonchev–Trinajstić information content (AvgIpc) is 3.01. The number of aromatic nitrogens is 5. The summed E-state index contributed by atoms with van der Waals surface area (Å²) in [7, 11) is 0. The number of H-pyrrole nitrogens is 1. The van der Waals surface area contributed by atoms with E-state index in [1.165, 1.54) is 19.2 Å². The number of hydrogen-bond acceptors (Lipinski definition) is 4. The summed E-state index contributed by atoms with van der Waals surface area (Å²) in [5.41, 5.74) is 0.874. The van der Waals surface area contributed by atoms with Gasteiger partial charge in [-0.15, -0.1) is 0 Å². The van der Waals surface area contributed by atoms with Crippen molar-refractivity contribution < 1.29 is 0 Å². The molecule has 0 spiro atoms. The average molecular weight is 284 g/mol. The fraction of sp³-hybridized carbons (Fsp3) is 0.455. The van der Waals surface area contributed by atoms with Gasteiger partial charge in [0.2, 0.25) is 0 Å². The Kier molecular flexibility index (Phi) is 3.18. The minimum Gasteiger partial charge on any atom is -0.257 e. The standard InChI is InChI=1S/C11H11Cl2N5/c12-8-7(6-3-1-2-4-6)9(13)17-11(16-8)10-14-5-15-18-10/h5-6H,1-4H2,(H,14,15,18). The molecule has 0 bridgehead atoms. The molecule has 0 saturated heterocycles. The van der Waals surface area contributed by atoms with Crippen molar-refractivity contribution in [1.29, 1.82) is 0 Å². The summed E-state index contributed by atoms with van der Waals surface area (Å²) >= 11 is 12.5. The Morgan fingerprint density at radius 2 is 1.78 bits per heavy atom. The van der Waals surface area contributed by atoms with E-state index < -0.39 is 0 Å². The molecule has 0 aromatic carbocycles. The second-order valence-corrected chi connectivity index (χ2v) is 5.07. The lowest BCUT2D eigenvalue weighted by atomic mass is 10.0. The summed E-state index contributed by atoms with van der Waals surface area (Å²) in [6, 6.07) is 0. The zero-order valence-corrected chi connectivity index (χ0v) is 11.0. The van der Waals surface area contributed by atoms with Crippen LogP contribution in [0.1, 0.15) is 37.2 Å². The molecule has 5 nitrogen and oxygen atoms in total. The fourth-order valence-corrected chi connectivity index (χ4v) is 3.08. The monoisotopic (exact) mass is 283 g/mol. The van der Waals surface area contributed by atoms with E-state index in [-0.39, 0.29) is 0 Å². The first-order chi connectivity index (χ1) is 8.75. The second kappa shape index (κ2) is 4.82. The summed E-state index contributed by atoms with van der Waals surface area (Å²) in [5, 5.41) is 7.30. The number of aromatic amines is 1. The molecule has 94 valence electrons. The van der Waals surface area contributed by atoms with Gasteiger partial charge in [-0.3, -0.25) is 5.10 Å². The van der Waals surface area contributed by atoms with E-state index >= 15 is 0 Å². The molecule has 0 atom stereocenters. The van der Waals surface area contributed by atoms with E-state index in [2.05, 4.69) is 25.1 Å². The molecule has 1 aliphatic rings. The highest BCUT2D eigenvalue weighted by molar-refractivity contribution is 6.34. The van der Waals surface area contributed by atoms with Crippen LogP contribution in [0.15, 0.2) is 6.33 Å². The van der Waals surface area contributed by atoms with Crippen LogP contribution in [0, 0.1) is 0 Å². The van der Waals surface area contributed by atoms with Crippen LogP contribution >= 0.6 is 23.2 Å². The Hall–Kier alpha value is -1.20. The first-order valence-electron chi connectivity index (χ1n) is 5.84. The number of nitrogens with zero attached hydrogens (tertiary/aromatic N) is 4. The van der Waals surface area contributed by atoms with Gasteiger partial charge in [-0.2, -0.15) is 5.10 Å². The first-order valence-corrected chi connectivity index (χ1v) is 6.60. The van der Waals surface area contributed by atoms with Gasteiger partial charge in [0.05, 0.1) is 0 Å². The molecule has 0 amide bonds. The van der Waals surface area contributed by atoms with Crippen LogP contribution in [0.5, 0.6) is 0 Å². The van der Waals surface area contributed by atoms with Gasteiger partial charge in [-0.1, -0.05) is 36.0 Å². The molecule has 1 aliphatic carbocycles. The third-order valence-electron chi connectivity index (χ3n) is 3.24. The molecule has 2 aromatic rings. The number of hydrogen-bond donors (Lipinski definition) is 1. The summed E-state index contributed by atoms with van der Waals surface area (Å²) < 4.78 is 0. The van der Waals surface area contributed by atoms with Gasteiger partial charge >= 0.3 is 0 Å². The Morgan fingerprint density at radius 3 is 2.33 bits per heavy atom. The van der Waals surface area contributed by atoms with Gasteiger partial charge in [0.15, 0.2) is 11.6 Å². The third kappa shape index (κ3) is 2.08. The minimum absolute atomic E-state index is 0.379. The van der Waals surface area contributed by atoms with E-state index in [1.54, 1.807) is 0 Å². The Labute approximate surface area is 114 Å². The maximum atomic E-state index is 6.23. The van der Waals surface area contributed by atoms with Crippen LogP contribution in [-0.2, 0) is 0 Å². The van der Waals surface area contributed by atoms with Crippen LogP contribution in [0.4, 0.5) is 0 Å². The molecule has 18 heavy (non-hydrogen) atoms. The highest BCUT2D eigenvalue weighted by Crippen LogP contribution is 2.40. The topological polar surface area (TPSA) is 67.3 Å². The number of halogens is 2. The maximum Gasteiger partial charge on any atom is 0.200 e. The van der Waals surface area contributed by atoms with Crippen LogP contribution < -0.4 is 0 Å². The van der Waals surface area contributed by atoms with Crippen molar-refractivity contribution in [3.63, 3.8) is 0 Å². The Bertz CT molecular complexity index is 526. The van der Waals surface area contributed by atoms with Crippen molar-refractivity contribution in [2.45, 2.75) is 31.6 Å². The van der Waals surface area contributed by atoms with Gasteiger partial charge in [0.1, 0.15) is 16.6 Å². The number of nitrogens with one attached hydrogen (secondary N) is 1. The van der Waals surface area contributed by atoms with Crippen molar-refractivity contribution in [3.05, 3.63) is 22.2 Å².